The van der Waals surface area contributed by atoms with Gasteiger partial charge < -0.3 is 0 Å². The van der Waals surface area contributed by atoms with Crippen LogP contribution in [0, 0.1) is 0 Å². The highest BCUT2D eigenvalue weighted by Gasteiger charge is 2.00. The first-order valence-electron chi connectivity index (χ1n) is 7.67. The quantitative estimate of drug-likeness (QED) is 0.423. The van der Waals surface area contributed by atoms with Gasteiger partial charge in [-0.1, -0.05) is 80.4 Å². The van der Waals surface area contributed by atoms with Crippen molar-refractivity contribution in [2.45, 2.75) is 51.9 Å². The highest BCUT2D eigenvalue weighted by molar-refractivity contribution is 8.13. The Hall–Kier alpha value is -1.02. The normalized spacial score (nSPS) is 11.1. The number of thioether (sulfide) groups is 1. The Kier molecular flexibility index (Phi) is 10.0. The maximum absolute atomic E-state index is 11.7. The molecule has 1 nitrogen and oxygen atoms in total. The van der Waals surface area contributed by atoms with Crippen LogP contribution in [-0.2, 0) is 11.2 Å². The maximum Gasteiger partial charge on any atom is 0.192 e. The lowest BCUT2D eigenvalue weighted by Crippen LogP contribution is -1.94. The molecule has 0 saturated carbocycles. The lowest BCUT2D eigenvalue weighted by atomic mass is 10.1. The summed E-state index contributed by atoms with van der Waals surface area (Å²) in [6.07, 6.45) is 12.0. The van der Waals surface area contributed by atoms with Gasteiger partial charge in [-0.25, -0.2) is 0 Å². The van der Waals surface area contributed by atoms with Crippen LogP contribution in [0.1, 0.15) is 51.0 Å². The predicted molar refractivity (Wildman–Crippen MR) is 90.1 cm³/mol. The van der Waals surface area contributed by atoms with Crippen LogP contribution in [0.2, 0.25) is 0 Å². The van der Waals surface area contributed by atoms with Crippen LogP contribution in [0.3, 0.4) is 0 Å². The molecule has 0 radical (unpaired) electrons. The molecule has 0 N–H and O–H groups in total. The molecule has 1 aromatic rings. The summed E-state index contributed by atoms with van der Waals surface area (Å²) in [6.45, 7) is 2.22. The Labute approximate surface area is 127 Å². The number of carbonyl (C=O) groups excluding carboxylic acids is 1. The lowest BCUT2D eigenvalue weighted by Gasteiger charge is -2.00. The standard InChI is InChI=1S/C18H26OS/c1-2-3-4-5-6-7-11-14-18(19)20-16-15-17-12-9-8-10-13-17/h7-13H,2-6,14-16H2,1H3/b11-7+. The average molecular weight is 290 g/mol. The van der Waals surface area contributed by atoms with Gasteiger partial charge in [0.05, 0.1) is 0 Å². The molecule has 0 bridgehead atoms. The molecule has 0 aliphatic rings. The summed E-state index contributed by atoms with van der Waals surface area (Å²) >= 11 is 1.45. The Bertz CT molecular complexity index is 384. The average Bonchev–Trinajstić information content (AvgIpc) is 2.47. The van der Waals surface area contributed by atoms with Gasteiger partial charge >= 0.3 is 0 Å². The summed E-state index contributed by atoms with van der Waals surface area (Å²) < 4.78 is 0. The molecule has 0 unspecified atom stereocenters. The van der Waals surface area contributed by atoms with Gasteiger partial charge in [0.15, 0.2) is 5.12 Å². The fourth-order valence-electron chi connectivity index (χ4n) is 1.97. The van der Waals surface area contributed by atoms with E-state index in [1.807, 2.05) is 24.3 Å². The molecule has 0 spiro atoms. The molecule has 0 atom stereocenters. The van der Waals surface area contributed by atoms with Crippen molar-refractivity contribution in [3.05, 3.63) is 48.0 Å². The zero-order valence-corrected chi connectivity index (χ0v) is 13.3. The molecule has 0 aliphatic heterocycles. The van der Waals surface area contributed by atoms with Crippen molar-refractivity contribution in [3.63, 3.8) is 0 Å². The SMILES string of the molecule is CCCCCC/C=C/CC(=O)SCCc1ccccc1. The molecule has 0 saturated heterocycles. The summed E-state index contributed by atoms with van der Waals surface area (Å²) in [7, 11) is 0. The topological polar surface area (TPSA) is 17.1 Å². The number of rotatable bonds is 10. The molecular weight excluding hydrogens is 264 g/mol. The van der Waals surface area contributed by atoms with E-state index in [1.165, 1.54) is 43.0 Å². The van der Waals surface area contributed by atoms with E-state index < -0.39 is 0 Å². The van der Waals surface area contributed by atoms with Crippen molar-refractivity contribution in [1.82, 2.24) is 0 Å². The molecule has 110 valence electrons. The third kappa shape index (κ3) is 8.98. The number of hydrogen-bond acceptors (Lipinski definition) is 2. The molecule has 2 heteroatoms. The first-order chi connectivity index (χ1) is 9.83. The Balaban J connectivity index is 2.01. The minimum atomic E-state index is 0.283. The molecule has 0 aliphatic carbocycles. The molecule has 0 aromatic heterocycles. The van der Waals surface area contributed by atoms with Gasteiger partial charge in [0.25, 0.3) is 0 Å². The van der Waals surface area contributed by atoms with E-state index in [0.717, 1.165) is 18.6 Å². The number of unbranched alkanes of at least 4 members (excludes halogenated alkanes) is 4. The second-order valence-corrected chi connectivity index (χ2v) is 6.13. The summed E-state index contributed by atoms with van der Waals surface area (Å²) in [5.74, 6) is 0.882. The van der Waals surface area contributed by atoms with Crippen LogP contribution >= 0.6 is 11.8 Å². The van der Waals surface area contributed by atoms with E-state index in [-0.39, 0.29) is 5.12 Å². The molecule has 0 heterocycles. The van der Waals surface area contributed by atoms with Gasteiger partial charge in [-0.05, 0) is 24.8 Å². The van der Waals surface area contributed by atoms with Crippen LogP contribution in [-0.4, -0.2) is 10.9 Å². The van der Waals surface area contributed by atoms with E-state index in [2.05, 4.69) is 25.1 Å². The third-order valence-electron chi connectivity index (χ3n) is 3.17. The first-order valence-corrected chi connectivity index (χ1v) is 8.66. The van der Waals surface area contributed by atoms with Gasteiger partial charge in [-0.3, -0.25) is 4.79 Å². The van der Waals surface area contributed by atoms with E-state index in [4.69, 9.17) is 0 Å². The number of carbonyl (C=O) groups is 1. The number of aryl methyl sites for hydroxylation is 1. The van der Waals surface area contributed by atoms with Crippen LogP contribution in [0.15, 0.2) is 42.5 Å². The van der Waals surface area contributed by atoms with Crippen molar-refractivity contribution in [2.24, 2.45) is 0 Å². The Morgan fingerprint density at radius 1 is 1.10 bits per heavy atom. The van der Waals surface area contributed by atoms with Crippen LogP contribution in [0.5, 0.6) is 0 Å². The minimum Gasteiger partial charge on any atom is -0.287 e. The molecule has 1 aromatic carbocycles. The van der Waals surface area contributed by atoms with E-state index in [0.29, 0.717) is 6.42 Å². The van der Waals surface area contributed by atoms with E-state index in [9.17, 15) is 4.79 Å². The zero-order chi connectivity index (χ0) is 14.5. The van der Waals surface area contributed by atoms with Gasteiger partial charge in [-0.2, -0.15) is 0 Å². The van der Waals surface area contributed by atoms with E-state index >= 15 is 0 Å². The zero-order valence-electron chi connectivity index (χ0n) is 12.5. The number of benzene rings is 1. The fraction of sp³-hybridized carbons (Fsp3) is 0.500. The highest BCUT2D eigenvalue weighted by atomic mass is 32.2. The van der Waals surface area contributed by atoms with Crippen molar-refractivity contribution >= 4 is 16.9 Å². The number of allylic oxidation sites excluding steroid dienone is 2. The smallest absolute Gasteiger partial charge is 0.192 e. The summed E-state index contributed by atoms with van der Waals surface area (Å²) in [5, 5.41) is 0.283. The predicted octanol–water partition coefficient (Wildman–Crippen LogP) is 5.41. The Morgan fingerprint density at radius 2 is 1.90 bits per heavy atom. The van der Waals surface area contributed by atoms with Crippen molar-refractivity contribution < 1.29 is 4.79 Å². The molecule has 20 heavy (non-hydrogen) atoms. The first kappa shape index (κ1) is 17.0. The van der Waals surface area contributed by atoms with Crippen molar-refractivity contribution in [3.8, 4) is 0 Å². The van der Waals surface area contributed by atoms with Crippen molar-refractivity contribution in [2.75, 3.05) is 5.75 Å². The lowest BCUT2D eigenvalue weighted by molar-refractivity contribution is -0.110. The van der Waals surface area contributed by atoms with Gasteiger partial charge in [0, 0.05) is 12.2 Å². The Morgan fingerprint density at radius 3 is 2.65 bits per heavy atom. The van der Waals surface area contributed by atoms with E-state index in [1.54, 1.807) is 0 Å². The van der Waals surface area contributed by atoms with Gasteiger partial charge in [0.1, 0.15) is 0 Å². The van der Waals surface area contributed by atoms with Crippen LogP contribution in [0.25, 0.3) is 0 Å². The molecule has 1 rings (SSSR count). The molecule has 0 amide bonds. The van der Waals surface area contributed by atoms with Crippen LogP contribution < -0.4 is 0 Å². The summed E-state index contributed by atoms with van der Waals surface area (Å²) in [5.41, 5.74) is 1.30. The fourth-order valence-corrected chi connectivity index (χ4v) is 2.75. The van der Waals surface area contributed by atoms with Gasteiger partial charge in [0.2, 0.25) is 0 Å². The third-order valence-corrected chi connectivity index (χ3v) is 4.07. The highest BCUT2D eigenvalue weighted by Crippen LogP contribution is 2.11. The molecular formula is C18H26OS. The second-order valence-electron chi connectivity index (χ2n) is 4.98. The van der Waals surface area contributed by atoms with Crippen molar-refractivity contribution in [1.29, 1.82) is 0 Å². The van der Waals surface area contributed by atoms with Gasteiger partial charge in [-0.15, -0.1) is 0 Å². The summed E-state index contributed by atoms with van der Waals surface area (Å²) in [4.78, 5) is 11.7. The maximum atomic E-state index is 11.7. The minimum absolute atomic E-state index is 0.283. The molecule has 0 fully saturated rings. The largest absolute Gasteiger partial charge is 0.287 e. The second kappa shape index (κ2) is 11.8. The number of hydrogen-bond donors (Lipinski definition) is 0. The van der Waals surface area contributed by atoms with Crippen LogP contribution in [0.4, 0.5) is 0 Å². The monoisotopic (exact) mass is 290 g/mol. The summed E-state index contributed by atoms with van der Waals surface area (Å²) in [6, 6.07) is 10.3.